The van der Waals surface area contributed by atoms with Crippen LogP contribution in [-0.2, 0) is 16.1 Å². The van der Waals surface area contributed by atoms with Crippen LogP contribution < -0.4 is 9.47 Å². The van der Waals surface area contributed by atoms with E-state index in [0.717, 1.165) is 6.42 Å². The summed E-state index contributed by atoms with van der Waals surface area (Å²) in [5.74, 6) is 0.295. The molecule has 0 radical (unpaired) electrons. The Morgan fingerprint density at radius 3 is 2.53 bits per heavy atom. The SMILES string of the molecule is CCOc1ccc(/C(O)=C2\C(=O)C(=O)N(CCCn3ccnc3)C2c2cccc(OCCC(C)C)c2)cc1. The van der Waals surface area contributed by atoms with E-state index in [1.54, 1.807) is 41.7 Å². The van der Waals surface area contributed by atoms with Gasteiger partial charge < -0.3 is 24.0 Å². The molecule has 2 aromatic carbocycles. The molecule has 0 bridgehead atoms. The molecule has 1 fully saturated rings. The van der Waals surface area contributed by atoms with Crippen LogP contribution in [0.4, 0.5) is 0 Å². The van der Waals surface area contributed by atoms with E-state index in [4.69, 9.17) is 9.47 Å². The number of nitrogens with zero attached hydrogens (tertiary/aromatic N) is 3. The second-order valence-electron chi connectivity index (χ2n) is 9.71. The summed E-state index contributed by atoms with van der Waals surface area (Å²) in [6.07, 6.45) is 6.81. The van der Waals surface area contributed by atoms with E-state index < -0.39 is 17.7 Å². The number of hydrogen-bond acceptors (Lipinski definition) is 6. The van der Waals surface area contributed by atoms with Gasteiger partial charge in [-0.1, -0.05) is 26.0 Å². The summed E-state index contributed by atoms with van der Waals surface area (Å²) in [6, 6.07) is 13.5. The van der Waals surface area contributed by atoms with Crippen LogP contribution in [0.15, 0.2) is 72.8 Å². The summed E-state index contributed by atoms with van der Waals surface area (Å²) in [6.45, 7) is 8.24. The number of aliphatic hydroxyl groups excluding tert-OH is 1. The lowest BCUT2D eigenvalue weighted by Gasteiger charge is -2.26. The monoisotopic (exact) mass is 517 g/mol. The summed E-state index contributed by atoms with van der Waals surface area (Å²) >= 11 is 0. The van der Waals surface area contributed by atoms with Gasteiger partial charge in [0.25, 0.3) is 11.7 Å². The Bertz CT molecular complexity index is 1270. The summed E-state index contributed by atoms with van der Waals surface area (Å²) in [5, 5.41) is 11.3. The number of Topliss-reactive ketones (excluding diaryl/α,β-unsaturated/α-hetero) is 1. The number of carbonyl (C=O) groups is 2. The largest absolute Gasteiger partial charge is 0.507 e. The van der Waals surface area contributed by atoms with Crippen molar-refractivity contribution in [2.45, 2.75) is 46.2 Å². The quantitative estimate of drug-likeness (QED) is 0.201. The van der Waals surface area contributed by atoms with Gasteiger partial charge in [0, 0.05) is 31.0 Å². The maximum atomic E-state index is 13.3. The summed E-state index contributed by atoms with van der Waals surface area (Å²) in [5.41, 5.74) is 1.22. The van der Waals surface area contributed by atoms with Crippen LogP contribution in [0.2, 0.25) is 0 Å². The molecule has 4 rings (SSSR count). The van der Waals surface area contributed by atoms with Crippen molar-refractivity contribution in [3.63, 3.8) is 0 Å². The highest BCUT2D eigenvalue weighted by molar-refractivity contribution is 6.46. The molecule has 0 saturated carbocycles. The third kappa shape index (κ3) is 6.25. The first-order valence-corrected chi connectivity index (χ1v) is 13.1. The second kappa shape index (κ2) is 12.4. The van der Waals surface area contributed by atoms with Gasteiger partial charge in [0.2, 0.25) is 0 Å². The fourth-order valence-corrected chi connectivity index (χ4v) is 4.52. The Balaban J connectivity index is 1.69. The predicted molar refractivity (Wildman–Crippen MR) is 145 cm³/mol. The normalized spacial score (nSPS) is 16.8. The fraction of sp³-hybridized carbons (Fsp3) is 0.367. The Hall–Kier alpha value is -4.07. The number of ether oxygens (including phenoxy) is 2. The topological polar surface area (TPSA) is 93.9 Å². The van der Waals surface area contributed by atoms with E-state index in [0.29, 0.717) is 61.3 Å². The van der Waals surface area contributed by atoms with Crippen molar-refractivity contribution in [3.05, 3.63) is 84.0 Å². The predicted octanol–water partition coefficient (Wildman–Crippen LogP) is 5.22. The van der Waals surface area contributed by atoms with Gasteiger partial charge in [0.15, 0.2) is 0 Å². The van der Waals surface area contributed by atoms with E-state index in [1.165, 1.54) is 0 Å². The minimum atomic E-state index is -0.738. The maximum absolute atomic E-state index is 13.3. The zero-order valence-electron chi connectivity index (χ0n) is 22.2. The van der Waals surface area contributed by atoms with Crippen LogP contribution in [0.25, 0.3) is 5.76 Å². The highest BCUT2D eigenvalue weighted by Gasteiger charge is 2.45. The fourth-order valence-electron chi connectivity index (χ4n) is 4.52. The minimum Gasteiger partial charge on any atom is -0.507 e. The Labute approximate surface area is 223 Å². The van der Waals surface area contributed by atoms with E-state index in [-0.39, 0.29) is 11.3 Å². The van der Waals surface area contributed by atoms with Crippen molar-refractivity contribution in [1.29, 1.82) is 0 Å². The van der Waals surface area contributed by atoms with Gasteiger partial charge in [-0.15, -0.1) is 0 Å². The zero-order valence-corrected chi connectivity index (χ0v) is 22.2. The first-order valence-electron chi connectivity index (χ1n) is 13.1. The van der Waals surface area contributed by atoms with Crippen molar-refractivity contribution < 1.29 is 24.2 Å². The molecule has 8 nitrogen and oxygen atoms in total. The molecule has 38 heavy (non-hydrogen) atoms. The number of likely N-dealkylation sites (tertiary alicyclic amines) is 1. The third-order valence-corrected chi connectivity index (χ3v) is 6.49. The number of rotatable bonds is 12. The van der Waals surface area contributed by atoms with Crippen molar-refractivity contribution in [2.24, 2.45) is 5.92 Å². The number of benzene rings is 2. The smallest absolute Gasteiger partial charge is 0.295 e. The van der Waals surface area contributed by atoms with Crippen LogP contribution in [0, 0.1) is 5.92 Å². The number of carbonyl (C=O) groups excluding carboxylic acids is 2. The molecule has 2 heterocycles. The number of aliphatic hydroxyl groups is 1. The molecular formula is C30H35N3O5. The van der Waals surface area contributed by atoms with Crippen LogP contribution in [-0.4, -0.2) is 51.0 Å². The van der Waals surface area contributed by atoms with Crippen molar-refractivity contribution in [3.8, 4) is 11.5 Å². The number of aryl methyl sites for hydroxylation is 1. The molecule has 200 valence electrons. The minimum absolute atomic E-state index is 0.0705. The number of hydrogen-bond donors (Lipinski definition) is 1. The van der Waals surface area contributed by atoms with Gasteiger partial charge in [0.1, 0.15) is 17.3 Å². The average molecular weight is 518 g/mol. The highest BCUT2D eigenvalue weighted by Crippen LogP contribution is 2.40. The summed E-state index contributed by atoms with van der Waals surface area (Å²) in [7, 11) is 0. The number of aromatic nitrogens is 2. The highest BCUT2D eigenvalue weighted by atomic mass is 16.5. The number of imidazole rings is 1. The van der Waals surface area contributed by atoms with E-state index >= 15 is 0 Å². The third-order valence-electron chi connectivity index (χ3n) is 6.49. The Kier molecular flexibility index (Phi) is 8.84. The van der Waals surface area contributed by atoms with Crippen LogP contribution in [0.5, 0.6) is 11.5 Å². The first kappa shape index (κ1) is 27.0. The second-order valence-corrected chi connectivity index (χ2v) is 9.71. The first-order chi connectivity index (χ1) is 18.4. The molecule has 1 aromatic heterocycles. The van der Waals surface area contributed by atoms with Crippen LogP contribution in [0.3, 0.4) is 0 Å². The van der Waals surface area contributed by atoms with Crippen molar-refractivity contribution in [2.75, 3.05) is 19.8 Å². The maximum Gasteiger partial charge on any atom is 0.295 e. The Morgan fingerprint density at radius 2 is 1.84 bits per heavy atom. The molecule has 1 N–H and O–H groups in total. The molecule has 1 atom stereocenters. The molecule has 1 saturated heterocycles. The van der Waals surface area contributed by atoms with Crippen molar-refractivity contribution in [1.82, 2.24) is 14.5 Å². The standard InChI is InChI=1S/C30H35N3O5/c1-4-37-24-11-9-22(10-12-24)28(34)26-27(23-7-5-8-25(19-23)38-18-13-21(2)3)33(30(36)29(26)35)16-6-15-32-17-14-31-20-32/h5,7-12,14,17,19-21,27,34H,4,6,13,15-16,18H2,1-3H3/b28-26+. The molecule has 8 heteroatoms. The van der Waals surface area contributed by atoms with Gasteiger partial charge in [-0.2, -0.15) is 0 Å². The molecule has 0 aliphatic carbocycles. The number of ketones is 1. The zero-order chi connectivity index (χ0) is 27.1. The van der Waals surface area contributed by atoms with Gasteiger partial charge in [-0.25, -0.2) is 4.98 Å². The molecular weight excluding hydrogens is 482 g/mol. The lowest BCUT2D eigenvalue weighted by atomic mass is 9.95. The lowest BCUT2D eigenvalue weighted by Crippen LogP contribution is -2.31. The van der Waals surface area contributed by atoms with Gasteiger partial charge >= 0.3 is 0 Å². The van der Waals surface area contributed by atoms with E-state index in [2.05, 4.69) is 18.8 Å². The molecule has 1 amide bonds. The van der Waals surface area contributed by atoms with E-state index in [1.807, 2.05) is 42.0 Å². The summed E-state index contributed by atoms with van der Waals surface area (Å²) < 4.78 is 13.4. The average Bonchev–Trinajstić information content (AvgIpc) is 3.51. The molecule has 1 aliphatic rings. The molecule has 1 aliphatic heterocycles. The van der Waals surface area contributed by atoms with Gasteiger partial charge in [0.05, 0.1) is 31.2 Å². The van der Waals surface area contributed by atoms with Gasteiger partial charge in [-0.05, 0) is 67.6 Å². The van der Waals surface area contributed by atoms with Crippen LogP contribution >= 0.6 is 0 Å². The Morgan fingerprint density at radius 1 is 1.05 bits per heavy atom. The number of amides is 1. The summed E-state index contributed by atoms with van der Waals surface area (Å²) in [4.78, 5) is 32.2. The van der Waals surface area contributed by atoms with Gasteiger partial charge in [-0.3, -0.25) is 9.59 Å². The van der Waals surface area contributed by atoms with E-state index in [9.17, 15) is 14.7 Å². The van der Waals surface area contributed by atoms with Crippen molar-refractivity contribution >= 4 is 17.4 Å². The molecule has 0 spiro atoms. The van der Waals surface area contributed by atoms with Crippen LogP contribution in [0.1, 0.15) is 50.8 Å². The lowest BCUT2D eigenvalue weighted by molar-refractivity contribution is -0.139. The molecule has 1 unspecified atom stereocenters. The molecule has 3 aromatic rings.